The van der Waals surface area contributed by atoms with E-state index in [2.05, 4.69) is 19.9 Å². The molecule has 0 saturated carbocycles. The van der Waals surface area contributed by atoms with Crippen LogP contribution in [0.3, 0.4) is 0 Å². The number of ether oxygens (including phenoxy) is 1. The molecule has 12 heteroatoms. The Hall–Kier alpha value is -3.25. The van der Waals surface area contributed by atoms with Crippen LogP contribution in [0.25, 0.3) is 17.0 Å². The second-order valence-corrected chi connectivity index (χ2v) is 9.31. The molecule has 10 nitrogen and oxygen atoms in total. The third kappa shape index (κ3) is 4.74. The summed E-state index contributed by atoms with van der Waals surface area (Å²) >= 11 is 0. The Morgan fingerprint density at radius 2 is 1.69 bits per heavy atom. The van der Waals surface area contributed by atoms with Gasteiger partial charge < -0.3 is 14.5 Å². The van der Waals surface area contributed by atoms with Gasteiger partial charge in [-0.05, 0) is 32.9 Å². The van der Waals surface area contributed by atoms with Crippen molar-refractivity contribution < 1.29 is 18.3 Å². The highest BCUT2D eigenvalue weighted by atomic mass is 19.3. The summed E-state index contributed by atoms with van der Waals surface area (Å²) in [7, 11) is 0. The van der Waals surface area contributed by atoms with Gasteiger partial charge in [-0.2, -0.15) is 15.0 Å². The molecule has 2 aromatic heterocycles. The highest BCUT2D eigenvalue weighted by Crippen LogP contribution is 2.29. The molecule has 0 bridgehead atoms. The van der Waals surface area contributed by atoms with E-state index in [-0.39, 0.29) is 23.9 Å². The molecule has 3 aromatic rings. The summed E-state index contributed by atoms with van der Waals surface area (Å²) in [6, 6.07) is 6.95. The van der Waals surface area contributed by atoms with E-state index in [1.165, 1.54) is 4.57 Å². The highest BCUT2D eigenvalue weighted by Gasteiger charge is 2.31. The minimum atomic E-state index is -2.81. The van der Waals surface area contributed by atoms with Crippen molar-refractivity contribution in [2.75, 3.05) is 55.7 Å². The average Bonchev–Trinajstić information content (AvgIpc) is 3.26. The average molecular weight is 501 g/mol. The lowest BCUT2D eigenvalue weighted by Gasteiger charge is -2.38. The van der Waals surface area contributed by atoms with Gasteiger partial charge in [0.05, 0.1) is 36.3 Å². The first-order valence-electron chi connectivity index (χ1n) is 12.2. The van der Waals surface area contributed by atoms with Gasteiger partial charge in [0.1, 0.15) is 5.78 Å². The molecule has 0 unspecified atom stereocenters. The molecule has 2 aliphatic heterocycles. The Kier molecular flexibility index (Phi) is 6.80. The molecule has 0 N–H and O–H groups in total. The maximum Gasteiger partial charge on any atom is 0.296 e. The predicted octanol–water partition coefficient (Wildman–Crippen LogP) is 2.47. The summed E-state index contributed by atoms with van der Waals surface area (Å²) in [6.45, 7) is 9.68. The summed E-state index contributed by atoms with van der Waals surface area (Å²) in [5.41, 5.74) is 0.952. The number of Topliss-reactive ketones (excluding diaryl/α,β-unsaturated/α-hetero) is 1. The van der Waals surface area contributed by atoms with Gasteiger partial charge in [-0.1, -0.05) is 12.1 Å². The number of rotatable bonds is 6. The van der Waals surface area contributed by atoms with Gasteiger partial charge >= 0.3 is 0 Å². The molecule has 36 heavy (non-hydrogen) atoms. The first-order chi connectivity index (χ1) is 17.3. The van der Waals surface area contributed by atoms with Crippen molar-refractivity contribution in [1.29, 1.82) is 0 Å². The number of hydrogen-bond acceptors (Lipinski definition) is 9. The van der Waals surface area contributed by atoms with Crippen LogP contribution in [0.2, 0.25) is 0 Å². The molecule has 1 aromatic carbocycles. The van der Waals surface area contributed by atoms with Gasteiger partial charge in [0.25, 0.3) is 6.43 Å². The number of benzene rings is 1. The number of fused-ring (bicyclic) bond motifs is 1. The van der Waals surface area contributed by atoms with Crippen LogP contribution >= 0.6 is 0 Å². The second kappa shape index (κ2) is 10.0. The van der Waals surface area contributed by atoms with Crippen LogP contribution < -0.4 is 9.80 Å². The number of anilines is 2. The number of nitrogens with zero attached hydrogens (tertiary/aromatic N) is 8. The minimum absolute atomic E-state index is 0.0108. The Labute approximate surface area is 207 Å². The van der Waals surface area contributed by atoms with E-state index in [0.717, 1.165) is 0 Å². The van der Waals surface area contributed by atoms with Crippen LogP contribution in [0.4, 0.5) is 20.7 Å². The quantitative estimate of drug-likeness (QED) is 0.506. The fraction of sp³-hybridized carbons (Fsp3) is 0.542. The Morgan fingerprint density at radius 3 is 2.42 bits per heavy atom. The smallest absolute Gasteiger partial charge is 0.296 e. The molecule has 2 atom stereocenters. The number of halogens is 2. The number of aromatic nitrogens is 5. The minimum Gasteiger partial charge on any atom is -0.375 e. The number of carbonyl (C=O) groups excluding carboxylic acids is 1. The van der Waals surface area contributed by atoms with E-state index in [0.29, 0.717) is 68.8 Å². The van der Waals surface area contributed by atoms with E-state index < -0.39 is 12.2 Å². The van der Waals surface area contributed by atoms with Gasteiger partial charge in [0.2, 0.25) is 17.8 Å². The first kappa shape index (κ1) is 24.4. The summed E-state index contributed by atoms with van der Waals surface area (Å²) in [4.78, 5) is 36.0. The topological polar surface area (TPSA) is 92.5 Å². The van der Waals surface area contributed by atoms with E-state index in [4.69, 9.17) is 9.72 Å². The lowest BCUT2D eigenvalue weighted by Crippen LogP contribution is -2.50. The molecule has 0 aliphatic carbocycles. The van der Waals surface area contributed by atoms with E-state index >= 15 is 0 Å². The van der Waals surface area contributed by atoms with Gasteiger partial charge in [-0.15, -0.1) is 0 Å². The highest BCUT2D eigenvalue weighted by molar-refractivity contribution is 5.78. The monoisotopic (exact) mass is 500 g/mol. The van der Waals surface area contributed by atoms with Crippen molar-refractivity contribution in [3.8, 4) is 5.95 Å². The number of carbonyl (C=O) groups is 1. The van der Waals surface area contributed by atoms with Crippen LogP contribution in [-0.4, -0.2) is 93.2 Å². The van der Waals surface area contributed by atoms with Crippen molar-refractivity contribution in [2.24, 2.45) is 0 Å². The third-order valence-electron chi connectivity index (χ3n) is 6.82. The first-order valence-corrected chi connectivity index (χ1v) is 12.2. The maximum atomic E-state index is 14.1. The van der Waals surface area contributed by atoms with E-state index in [1.807, 2.05) is 23.6 Å². The summed E-state index contributed by atoms with van der Waals surface area (Å²) < 4.78 is 35.3. The van der Waals surface area contributed by atoms with Gasteiger partial charge in [0.15, 0.2) is 5.82 Å². The van der Waals surface area contributed by atoms with Crippen LogP contribution in [0, 0.1) is 0 Å². The zero-order valence-electron chi connectivity index (χ0n) is 20.6. The number of piperazine rings is 1. The lowest BCUT2D eigenvalue weighted by atomic mass is 10.1. The third-order valence-corrected chi connectivity index (χ3v) is 6.82. The Morgan fingerprint density at radius 1 is 1.00 bits per heavy atom. The summed E-state index contributed by atoms with van der Waals surface area (Å²) in [5, 5.41) is 0. The molecular weight excluding hydrogens is 470 g/mol. The molecule has 5 rings (SSSR count). The normalized spacial score (nSPS) is 21.5. The van der Waals surface area contributed by atoms with E-state index in [9.17, 15) is 13.6 Å². The molecule has 4 heterocycles. The molecule has 192 valence electrons. The fourth-order valence-electron chi connectivity index (χ4n) is 4.75. The zero-order chi connectivity index (χ0) is 25.4. The SMILES string of the molecule is CC(=O)CN1CCN(c2nc(N3CCO[C@H](C)[C@H]3C)nc(-n3c(C(F)F)nc4ccccc43)n2)CC1. The number of alkyl halides is 2. The molecule has 0 radical (unpaired) electrons. The van der Waals surface area contributed by atoms with Crippen molar-refractivity contribution in [3.63, 3.8) is 0 Å². The van der Waals surface area contributed by atoms with Crippen LogP contribution in [0.1, 0.15) is 33.0 Å². The Balaban J connectivity index is 1.59. The standard InChI is InChI=1S/C24H30F2N8O2/c1-15(35)14-31-8-10-32(11-9-31)22-28-23(33-12-13-36-17(3)16(33)2)30-24(29-22)34-19-7-5-4-6-18(19)27-21(34)20(25)26/h4-7,16-17,20H,8-14H2,1-3H3/t16-,17-/m1/s1. The van der Waals surface area contributed by atoms with Gasteiger partial charge in [-0.3, -0.25) is 14.3 Å². The predicted molar refractivity (Wildman–Crippen MR) is 131 cm³/mol. The fourth-order valence-corrected chi connectivity index (χ4v) is 4.75. The summed E-state index contributed by atoms with van der Waals surface area (Å²) in [6.07, 6.45) is -2.85. The van der Waals surface area contributed by atoms with Crippen molar-refractivity contribution in [2.45, 2.75) is 39.3 Å². The largest absolute Gasteiger partial charge is 0.375 e. The van der Waals surface area contributed by atoms with Gasteiger partial charge in [-0.25, -0.2) is 13.8 Å². The van der Waals surface area contributed by atoms with Crippen molar-refractivity contribution >= 4 is 28.7 Å². The molecule has 2 saturated heterocycles. The molecule has 2 fully saturated rings. The zero-order valence-corrected chi connectivity index (χ0v) is 20.6. The van der Waals surface area contributed by atoms with Crippen LogP contribution in [0.5, 0.6) is 0 Å². The van der Waals surface area contributed by atoms with E-state index in [1.54, 1.807) is 31.2 Å². The van der Waals surface area contributed by atoms with Crippen molar-refractivity contribution in [1.82, 2.24) is 29.4 Å². The number of morpholine rings is 1. The van der Waals surface area contributed by atoms with Crippen LogP contribution in [-0.2, 0) is 9.53 Å². The molecule has 0 amide bonds. The molecule has 2 aliphatic rings. The number of para-hydroxylation sites is 2. The number of imidazole rings is 1. The van der Waals surface area contributed by atoms with Crippen molar-refractivity contribution in [3.05, 3.63) is 30.1 Å². The van der Waals surface area contributed by atoms with Crippen LogP contribution in [0.15, 0.2) is 24.3 Å². The molecule has 0 spiro atoms. The summed E-state index contributed by atoms with van der Waals surface area (Å²) in [5.74, 6) is 0.657. The number of ketones is 1. The number of hydrogen-bond donors (Lipinski definition) is 0. The second-order valence-electron chi connectivity index (χ2n) is 9.31. The molecular formula is C24H30F2N8O2. The Bertz CT molecular complexity index is 1240. The maximum absolute atomic E-state index is 14.1. The lowest BCUT2D eigenvalue weighted by molar-refractivity contribution is -0.118. The van der Waals surface area contributed by atoms with Gasteiger partial charge in [0, 0.05) is 32.7 Å².